The van der Waals surface area contributed by atoms with Gasteiger partial charge < -0.3 is 5.73 Å². The maximum atomic E-state index is 12.3. The Morgan fingerprint density at radius 3 is 2.68 bits per heavy atom. The molecular weight excluding hydrogens is 262 g/mol. The van der Waals surface area contributed by atoms with Crippen LogP contribution in [0.15, 0.2) is 30.3 Å². The maximum Gasteiger partial charge on any atom is 0.215 e. The average molecular weight is 281 g/mol. The van der Waals surface area contributed by atoms with Crippen LogP contribution >= 0.6 is 0 Å². The highest BCUT2D eigenvalue weighted by Gasteiger charge is 2.35. The van der Waals surface area contributed by atoms with Crippen LogP contribution in [0.5, 0.6) is 0 Å². The highest BCUT2D eigenvalue weighted by atomic mass is 32.2. The highest BCUT2D eigenvalue weighted by molar-refractivity contribution is 7.89. The third-order valence-corrected chi connectivity index (χ3v) is 5.28. The van der Waals surface area contributed by atoms with Crippen molar-refractivity contribution in [1.29, 1.82) is 5.41 Å². The number of nitrogens with two attached hydrogens (primary N) is 1. The molecule has 3 N–H and O–H groups in total. The normalized spacial score (nSPS) is 20.5. The Bertz CT molecular complexity index is 542. The fourth-order valence-corrected chi connectivity index (χ4v) is 4.13. The number of hydrogen-bond acceptors (Lipinski definition) is 3. The van der Waals surface area contributed by atoms with Crippen LogP contribution in [-0.2, 0) is 16.4 Å². The summed E-state index contributed by atoms with van der Waals surface area (Å²) in [6.45, 7) is 0.474. The van der Waals surface area contributed by atoms with Crippen LogP contribution in [0.3, 0.4) is 0 Å². The Balaban J connectivity index is 2.04. The van der Waals surface area contributed by atoms with E-state index in [2.05, 4.69) is 0 Å². The molecule has 1 saturated heterocycles. The fraction of sp³-hybridized carbons (Fsp3) is 0.462. The number of nitrogens with zero attached hydrogens (tertiary/aromatic N) is 1. The number of rotatable bonds is 5. The molecule has 1 aliphatic heterocycles. The van der Waals surface area contributed by atoms with Crippen LogP contribution in [0.1, 0.15) is 18.4 Å². The molecule has 1 fully saturated rings. The van der Waals surface area contributed by atoms with Gasteiger partial charge in [0, 0.05) is 6.54 Å². The first-order valence-corrected chi connectivity index (χ1v) is 7.99. The minimum Gasteiger partial charge on any atom is -0.386 e. The quantitative estimate of drug-likeness (QED) is 0.622. The van der Waals surface area contributed by atoms with Crippen LogP contribution in [0.4, 0.5) is 0 Å². The predicted octanol–water partition coefficient (Wildman–Crippen LogP) is 0.959. The minimum absolute atomic E-state index is 0.0548. The lowest BCUT2D eigenvalue weighted by Gasteiger charge is -2.22. The van der Waals surface area contributed by atoms with Crippen molar-refractivity contribution in [1.82, 2.24) is 4.31 Å². The monoisotopic (exact) mass is 281 g/mol. The summed E-state index contributed by atoms with van der Waals surface area (Å²) in [7, 11) is -3.34. The molecule has 0 bridgehead atoms. The van der Waals surface area contributed by atoms with E-state index < -0.39 is 16.1 Å². The summed E-state index contributed by atoms with van der Waals surface area (Å²) in [5, 5.41) is 7.47. The maximum absolute atomic E-state index is 12.3. The Kier molecular flexibility index (Phi) is 4.21. The summed E-state index contributed by atoms with van der Waals surface area (Å²) in [4.78, 5) is 0. The third-order valence-electron chi connectivity index (χ3n) is 3.41. The van der Waals surface area contributed by atoms with Crippen molar-refractivity contribution in [2.45, 2.75) is 25.3 Å². The average Bonchev–Trinajstić information content (AvgIpc) is 2.88. The number of sulfonamides is 1. The van der Waals surface area contributed by atoms with Crippen molar-refractivity contribution in [3.63, 3.8) is 0 Å². The predicted molar refractivity (Wildman–Crippen MR) is 75.6 cm³/mol. The van der Waals surface area contributed by atoms with Crippen LogP contribution in [-0.4, -0.2) is 36.9 Å². The van der Waals surface area contributed by atoms with Crippen LogP contribution < -0.4 is 5.73 Å². The standard InChI is InChI=1S/C13H19N3O2S/c14-13(15)12-7-4-9-16(12)19(17,18)10-8-11-5-2-1-3-6-11/h1-3,5-6,12H,4,7-10H2,(H3,14,15). The number of benzene rings is 1. The summed E-state index contributed by atoms with van der Waals surface area (Å²) in [6, 6.07) is 9.10. The molecule has 1 aromatic carbocycles. The molecule has 0 aromatic heterocycles. The van der Waals surface area contributed by atoms with Gasteiger partial charge in [-0.15, -0.1) is 0 Å². The van der Waals surface area contributed by atoms with E-state index in [1.165, 1.54) is 4.31 Å². The molecule has 19 heavy (non-hydrogen) atoms. The fourth-order valence-electron chi connectivity index (χ4n) is 2.39. The first kappa shape index (κ1) is 14.0. The zero-order chi connectivity index (χ0) is 13.9. The number of amidine groups is 1. The van der Waals surface area contributed by atoms with Crippen LogP contribution in [0.25, 0.3) is 0 Å². The summed E-state index contributed by atoms with van der Waals surface area (Å²) < 4.78 is 26.0. The molecule has 6 heteroatoms. The second-order valence-electron chi connectivity index (χ2n) is 4.78. The topological polar surface area (TPSA) is 87.2 Å². The van der Waals surface area contributed by atoms with E-state index >= 15 is 0 Å². The summed E-state index contributed by atoms with van der Waals surface area (Å²) in [5.41, 5.74) is 6.47. The highest BCUT2D eigenvalue weighted by Crippen LogP contribution is 2.21. The molecule has 0 spiro atoms. The Morgan fingerprint density at radius 1 is 1.37 bits per heavy atom. The summed E-state index contributed by atoms with van der Waals surface area (Å²) >= 11 is 0. The van der Waals surface area contributed by atoms with Crippen molar-refractivity contribution in [2.75, 3.05) is 12.3 Å². The SMILES string of the molecule is N=C(N)C1CCCN1S(=O)(=O)CCc1ccccc1. The first-order valence-electron chi connectivity index (χ1n) is 6.38. The summed E-state index contributed by atoms with van der Waals surface area (Å²) in [5.74, 6) is 0.0154. The zero-order valence-corrected chi connectivity index (χ0v) is 11.6. The van der Waals surface area contributed by atoms with Crippen molar-refractivity contribution >= 4 is 15.9 Å². The van der Waals surface area contributed by atoms with Crippen molar-refractivity contribution < 1.29 is 8.42 Å². The molecule has 0 saturated carbocycles. The van der Waals surface area contributed by atoms with Crippen molar-refractivity contribution in [3.05, 3.63) is 35.9 Å². The van der Waals surface area contributed by atoms with E-state index in [0.29, 0.717) is 19.4 Å². The van der Waals surface area contributed by atoms with Gasteiger partial charge in [-0.3, -0.25) is 5.41 Å². The van der Waals surface area contributed by atoms with Gasteiger partial charge in [-0.2, -0.15) is 4.31 Å². The molecule has 1 aliphatic rings. The van der Waals surface area contributed by atoms with Gasteiger partial charge in [-0.25, -0.2) is 8.42 Å². The molecule has 104 valence electrons. The number of nitrogens with one attached hydrogen (secondary N) is 1. The molecule has 0 aliphatic carbocycles. The second-order valence-corrected chi connectivity index (χ2v) is 6.82. The third kappa shape index (κ3) is 3.33. The van der Waals surface area contributed by atoms with E-state index in [4.69, 9.17) is 11.1 Å². The lowest BCUT2D eigenvalue weighted by Crippen LogP contribution is -2.44. The molecule has 5 nitrogen and oxygen atoms in total. The molecular formula is C13H19N3O2S. The molecule has 1 atom stereocenters. The van der Waals surface area contributed by atoms with E-state index in [9.17, 15) is 8.42 Å². The lowest BCUT2D eigenvalue weighted by molar-refractivity contribution is 0.443. The van der Waals surface area contributed by atoms with E-state index in [1.807, 2.05) is 30.3 Å². The Labute approximate surface area is 114 Å². The zero-order valence-electron chi connectivity index (χ0n) is 10.7. The number of aryl methyl sites for hydroxylation is 1. The van der Waals surface area contributed by atoms with Crippen molar-refractivity contribution in [2.24, 2.45) is 5.73 Å². The van der Waals surface area contributed by atoms with Gasteiger partial charge in [-0.1, -0.05) is 30.3 Å². The van der Waals surface area contributed by atoms with Gasteiger partial charge in [0.25, 0.3) is 0 Å². The minimum atomic E-state index is -3.34. The van der Waals surface area contributed by atoms with Crippen LogP contribution in [0.2, 0.25) is 0 Å². The Hall–Kier alpha value is -1.40. The van der Waals surface area contributed by atoms with Gasteiger partial charge in [-0.05, 0) is 24.8 Å². The molecule has 1 aromatic rings. The van der Waals surface area contributed by atoms with E-state index in [0.717, 1.165) is 12.0 Å². The van der Waals surface area contributed by atoms with Gasteiger partial charge in [0.2, 0.25) is 10.0 Å². The van der Waals surface area contributed by atoms with Crippen LogP contribution in [0, 0.1) is 5.41 Å². The molecule has 0 radical (unpaired) electrons. The molecule has 1 heterocycles. The molecule has 1 unspecified atom stereocenters. The molecule has 2 rings (SSSR count). The van der Waals surface area contributed by atoms with Gasteiger partial charge in [0.05, 0.1) is 11.8 Å². The lowest BCUT2D eigenvalue weighted by atomic mass is 10.2. The largest absolute Gasteiger partial charge is 0.386 e. The van der Waals surface area contributed by atoms with Gasteiger partial charge >= 0.3 is 0 Å². The Morgan fingerprint density at radius 2 is 2.05 bits per heavy atom. The van der Waals surface area contributed by atoms with Gasteiger partial charge in [0.1, 0.15) is 5.84 Å². The van der Waals surface area contributed by atoms with E-state index in [-0.39, 0.29) is 11.6 Å². The smallest absolute Gasteiger partial charge is 0.215 e. The number of hydrogen-bond donors (Lipinski definition) is 2. The first-order chi connectivity index (χ1) is 9.00. The van der Waals surface area contributed by atoms with E-state index in [1.54, 1.807) is 0 Å². The second kappa shape index (κ2) is 5.71. The van der Waals surface area contributed by atoms with Crippen molar-refractivity contribution in [3.8, 4) is 0 Å². The summed E-state index contributed by atoms with van der Waals surface area (Å²) in [6.07, 6.45) is 1.92. The molecule has 0 amide bonds. The van der Waals surface area contributed by atoms with Gasteiger partial charge in [0.15, 0.2) is 0 Å².